The summed E-state index contributed by atoms with van der Waals surface area (Å²) in [6.45, 7) is 1.52. The van der Waals surface area contributed by atoms with E-state index in [1.54, 1.807) is 0 Å². The predicted molar refractivity (Wildman–Crippen MR) is 78.8 cm³/mol. The van der Waals surface area contributed by atoms with Crippen LogP contribution in [-0.4, -0.2) is 37.0 Å². The van der Waals surface area contributed by atoms with Gasteiger partial charge in [0, 0.05) is 6.04 Å². The monoisotopic (exact) mass is 315 g/mol. The Bertz CT molecular complexity index is 607. The third-order valence-electron chi connectivity index (χ3n) is 3.35. The van der Waals surface area contributed by atoms with Crippen LogP contribution in [0.4, 0.5) is 0 Å². The number of carbonyl (C=O) groups is 1. The Morgan fingerprint density at radius 2 is 2.00 bits per heavy atom. The number of carboxylic acid groups (broad SMARTS) is 1. The first-order valence-electron chi connectivity index (χ1n) is 6.35. The van der Waals surface area contributed by atoms with Crippen LogP contribution in [0.2, 0.25) is 0 Å². The smallest absolute Gasteiger partial charge is 0.335 e. The molecule has 0 aromatic heterocycles. The first-order valence-corrected chi connectivity index (χ1v) is 8.98. The van der Waals surface area contributed by atoms with E-state index < -0.39 is 16.0 Å². The van der Waals surface area contributed by atoms with Crippen LogP contribution >= 0.6 is 11.8 Å². The number of thioether (sulfide) groups is 1. The summed E-state index contributed by atoms with van der Waals surface area (Å²) in [5.74, 6) is 0.775. The number of carboxylic acids is 1. The maximum atomic E-state index is 12.4. The van der Waals surface area contributed by atoms with Gasteiger partial charge in [0.25, 0.3) is 0 Å². The van der Waals surface area contributed by atoms with Crippen molar-refractivity contribution < 1.29 is 18.3 Å². The van der Waals surface area contributed by atoms with Gasteiger partial charge < -0.3 is 5.11 Å². The lowest BCUT2D eigenvalue weighted by atomic mass is 10.1. The summed E-state index contributed by atoms with van der Waals surface area (Å²) < 4.78 is 27.5. The minimum absolute atomic E-state index is 0.0204. The molecule has 0 amide bonds. The van der Waals surface area contributed by atoms with E-state index in [2.05, 4.69) is 4.72 Å². The number of hydrogen-bond donors (Lipinski definition) is 2. The van der Waals surface area contributed by atoms with Crippen LogP contribution in [0.3, 0.4) is 0 Å². The van der Waals surface area contributed by atoms with E-state index >= 15 is 0 Å². The SMILES string of the molecule is Cc1c(C(=O)O)cccc1S(=O)(=O)NC1CCSCC1. The molecule has 0 atom stereocenters. The Morgan fingerprint density at radius 3 is 2.60 bits per heavy atom. The number of aromatic carboxylic acids is 1. The second-order valence-corrected chi connectivity index (χ2v) is 7.65. The summed E-state index contributed by atoms with van der Waals surface area (Å²) >= 11 is 1.82. The number of sulfonamides is 1. The van der Waals surface area contributed by atoms with Gasteiger partial charge in [-0.25, -0.2) is 17.9 Å². The van der Waals surface area contributed by atoms with Crippen molar-refractivity contribution in [1.82, 2.24) is 4.72 Å². The van der Waals surface area contributed by atoms with Crippen LogP contribution in [0.1, 0.15) is 28.8 Å². The molecule has 0 unspecified atom stereocenters. The van der Waals surface area contributed by atoms with Crippen molar-refractivity contribution in [2.75, 3.05) is 11.5 Å². The molecular formula is C13H17NO4S2. The Balaban J connectivity index is 2.29. The molecule has 1 heterocycles. The fourth-order valence-electron chi connectivity index (χ4n) is 2.24. The van der Waals surface area contributed by atoms with Crippen LogP contribution in [0, 0.1) is 6.92 Å². The zero-order chi connectivity index (χ0) is 14.8. The summed E-state index contributed by atoms with van der Waals surface area (Å²) in [5, 5.41) is 9.06. The zero-order valence-electron chi connectivity index (χ0n) is 11.1. The summed E-state index contributed by atoms with van der Waals surface area (Å²) in [4.78, 5) is 11.1. The van der Waals surface area contributed by atoms with Crippen molar-refractivity contribution in [3.8, 4) is 0 Å². The van der Waals surface area contributed by atoms with Crippen molar-refractivity contribution in [3.05, 3.63) is 29.3 Å². The first-order chi connectivity index (χ1) is 9.42. The summed E-state index contributed by atoms with van der Waals surface area (Å²) in [7, 11) is -3.67. The second-order valence-electron chi connectivity index (χ2n) is 4.74. The highest BCUT2D eigenvalue weighted by Crippen LogP contribution is 2.22. The molecule has 5 nitrogen and oxygen atoms in total. The molecule has 1 aliphatic rings. The molecule has 0 saturated carbocycles. The van der Waals surface area contributed by atoms with Crippen LogP contribution < -0.4 is 4.72 Å². The van der Waals surface area contributed by atoms with E-state index in [0.717, 1.165) is 24.3 Å². The van der Waals surface area contributed by atoms with Crippen LogP contribution in [0.5, 0.6) is 0 Å². The average Bonchev–Trinajstić information content (AvgIpc) is 2.39. The molecule has 0 radical (unpaired) electrons. The molecule has 2 rings (SSSR count). The van der Waals surface area contributed by atoms with Gasteiger partial charge in [0.15, 0.2) is 0 Å². The third-order valence-corrected chi connectivity index (χ3v) is 6.06. The van der Waals surface area contributed by atoms with Gasteiger partial charge >= 0.3 is 5.97 Å². The van der Waals surface area contributed by atoms with E-state index in [0.29, 0.717) is 0 Å². The number of rotatable bonds is 4. The topological polar surface area (TPSA) is 83.5 Å². The Hall–Kier alpha value is -1.05. The Morgan fingerprint density at radius 1 is 1.35 bits per heavy atom. The van der Waals surface area contributed by atoms with Gasteiger partial charge in [-0.2, -0.15) is 11.8 Å². The maximum absolute atomic E-state index is 12.4. The molecule has 1 aromatic carbocycles. The Labute approximate surface area is 122 Å². The van der Waals surface area contributed by atoms with Gasteiger partial charge in [-0.15, -0.1) is 0 Å². The van der Waals surface area contributed by atoms with E-state index in [4.69, 9.17) is 5.11 Å². The first kappa shape index (κ1) is 15.3. The molecule has 0 aliphatic carbocycles. The molecule has 1 aromatic rings. The number of hydrogen-bond acceptors (Lipinski definition) is 4. The number of nitrogens with one attached hydrogen (secondary N) is 1. The quantitative estimate of drug-likeness (QED) is 0.886. The van der Waals surface area contributed by atoms with Gasteiger partial charge in [0.1, 0.15) is 0 Å². The standard InChI is InChI=1S/C13H17NO4S2/c1-9-11(13(15)16)3-2-4-12(9)20(17,18)14-10-5-7-19-8-6-10/h2-4,10,14H,5-8H2,1H3,(H,15,16). The van der Waals surface area contributed by atoms with Crippen molar-refractivity contribution in [3.63, 3.8) is 0 Å². The summed E-state index contributed by atoms with van der Waals surface area (Å²) in [5.41, 5.74) is 0.296. The van der Waals surface area contributed by atoms with Gasteiger partial charge in [-0.1, -0.05) is 6.07 Å². The summed E-state index contributed by atoms with van der Waals surface area (Å²) in [6, 6.07) is 4.26. The van der Waals surface area contributed by atoms with E-state index in [-0.39, 0.29) is 22.1 Å². The molecule has 2 N–H and O–H groups in total. The lowest BCUT2D eigenvalue weighted by Crippen LogP contribution is -2.37. The van der Waals surface area contributed by atoms with Crippen molar-refractivity contribution in [2.24, 2.45) is 0 Å². The maximum Gasteiger partial charge on any atom is 0.335 e. The van der Waals surface area contributed by atoms with Crippen LogP contribution in [0.15, 0.2) is 23.1 Å². The highest BCUT2D eigenvalue weighted by atomic mass is 32.2. The summed E-state index contributed by atoms with van der Waals surface area (Å²) in [6.07, 6.45) is 1.61. The zero-order valence-corrected chi connectivity index (χ0v) is 12.8. The van der Waals surface area contributed by atoms with E-state index in [9.17, 15) is 13.2 Å². The molecule has 0 bridgehead atoms. The fourth-order valence-corrected chi connectivity index (χ4v) is 4.91. The average molecular weight is 315 g/mol. The van der Waals surface area contributed by atoms with Crippen LogP contribution in [0.25, 0.3) is 0 Å². The predicted octanol–water partition coefficient (Wildman–Crippen LogP) is 1.87. The van der Waals surface area contributed by atoms with E-state index in [1.165, 1.54) is 25.1 Å². The van der Waals surface area contributed by atoms with E-state index in [1.807, 2.05) is 11.8 Å². The highest BCUT2D eigenvalue weighted by molar-refractivity contribution is 7.99. The fraction of sp³-hybridized carbons (Fsp3) is 0.462. The van der Waals surface area contributed by atoms with Crippen molar-refractivity contribution in [1.29, 1.82) is 0 Å². The highest BCUT2D eigenvalue weighted by Gasteiger charge is 2.25. The largest absolute Gasteiger partial charge is 0.478 e. The number of benzene rings is 1. The van der Waals surface area contributed by atoms with Gasteiger partial charge in [-0.05, 0) is 49.0 Å². The lowest BCUT2D eigenvalue weighted by molar-refractivity contribution is 0.0696. The van der Waals surface area contributed by atoms with Gasteiger partial charge in [-0.3, -0.25) is 0 Å². The molecule has 1 fully saturated rings. The van der Waals surface area contributed by atoms with Crippen molar-refractivity contribution in [2.45, 2.75) is 30.7 Å². The van der Waals surface area contributed by atoms with Crippen LogP contribution in [-0.2, 0) is 10.0 Å². The molecule has 1 saturated heterocycles. The molecular weight excluding hydrogens is 298 g/mol. The van der Waals surface area contributed by atoms with Gasteiger partial charge in [0.05, 0.1) is 10.5 Å². The molecule has 110 valence electrons. The van der Waals surface area contributed by atoms with Gasteiger partial charge in [0.2, 0.25) is 10.0 Å². The molecule has 7 heteroatoms. The second kappa shape index (κ2) is 6.15. The Kier molecular flexibility index (Phi) is 4.72. The minimum Gasteiger partial charge on any atom is -0.478 e. The molecule has 0 spiro atoms. The molecule has 1 aliphatic heterocycles. The normalized spacial score (nSPS) is 17.1. The minimum atomic E-state index is -3.67. The molecule has 20 heavy (non-hydrogen) atoms. The lowest BCUT2D eigenvalue weighted by Gasteiger charge is -2.23. The third kappa shape index (κ3) is 3.34. The van der Waals surface area contributed by atoms with Crippen molar-refractivity contribution >= 4 is 27.8 Å².